The predicted octanol–water partition coefficient (Wildman–Crippen LogP) is 2.59. The van der Waals surface area contributed by atoms with Gasteiger partial charge in [-0.25, -0.2) is 4.98 Å². The van der Waals surface area contributed by atoms with Crippen LogP contribution in [0.1, 0.15) is 44.8 Å². The summed E-state index contributed by atoms with van der Waals surface area (Å²) in [5.74, 6) is 0. The van der Waals surface area contributed by atoms with Crippen LogP contribution in [0.15, 0.2) is 5.38 Å². The summed E-state index contributed by atoms with van der Waals surface area (Å²) in [7, 11) is 0. The Balaban J connectivity index is 2.42. The van der Waals surface area contributed by atoms with Crippen molar-refractivity contribution in [2.75, 3.05) is 6.61 Å². The third kappa shape index (κ3) is 5.61. The molecule has 1 heterocycles. The second kappa shape index (κ2) is 6.47. The third-order valence-electron chi connectivity index (χ3n) is 2.55. The van der Waals surface area contributed by atoms with Gasteiger partial charge >= 0.3 is 0 Å². The highest BCUT2D eigenvalue weighted by Gasteiger charge is 2.17. The zero-order valence-corrected chi connectivity index (χ0v) is 12.1. The molecule has 0 aliphatic rings. The number of aliphatic hydroxyl groups excluding tert-OH is 1. The smallest absolute Gasteiger partial charge is 0.0926 e. The van der Waals surface area contributed by atoms with Gasteiger partial charge in [-0.3, -0.25) is 0 Å². The Morgan fingerprint density at radius 1 is 1.47 bits per heavy atom. The van der Waals surface area contributed by atoms with Gasteiger partial charge < -0.3 is 10.4 Å². The van der Waals surface area contributed by atoms with Crippen LogP contribution >= 0.6 is 11.3 Å². The van der Waals surface area contributed by atoms with Crippen molar-refractivity contribution in [2.24, 2.45) is 5.41 Å². The molecule has 0 aliphatic carbocycles. The lowest BCUT2D eigenvalue weighted by molar-refractivity contribution is 0.197. The van der Waals surface area contributed by atoms with Gasteiger partial charge in [0.2, 0.25) is 0 Å². The maximum atomic E-state index is 9.34. The van der Waals surface area contributed by atoms with Crippen molar-refractivity contribution in [3.05, 3.63) is 16.1 Å². The Morgan fingerprint density at radius 2 is 2.18 bits per heavy atom. The van der Waals surface area contributed by atoms with E-state index in [-0.39, 0.29) is 18.1 Å². The Bertz CT molecular complexity index is 330. The summed E-state index contributed by atoms with van der Waals surface area (Å²) in [6.45, 7) is 9.62. The van der Waals surface area contributed by atoms with E-state index in [1.807, 2.05) is 0 Å². The molecular weight excluding hydrogens is 232 g/mol. The molecule has 0 fully saturated rings. The van der Waals surface area contributed by atoms with Crippen LogP contribution < -0.4 is 5.32 Å². The summed E-state index contributed by atoms with van der Waals surface area (Å²) in [4.78, 5) is 4.51. The third-order valence-corrected chi connectivity index (χ3v) is 3.59. The van der Waals surface area contributed by atoms with Gasteiger partial charge in [0.25, 0.3) is 0 Å². The average Bonchev–Trinajstić information content (AvgIpc) is 2.70. The molecule has 4 heteroatoms. The monoisotopic (exact) mass is 256 g/mol. The standard InChI is InChI=1S/C13H24N2OS/c1-5-12-15-11(9-17-12)7-14-10(8-16)6-13(2,3)4/h9-10,14,16H,5-8H2,1-4H3. The number of aryl methyl sites for hydroxylation is 1. The van der Waals surface area contributed by atoms with Crippen LogP contribution in [-0.2, 0) is 13.0 Å². The Kier molecular flexibility index (Phi) is 5.56. The van der Waals surface area contributed by atoms with E-state index in [0.29, 0.717) is 0 Å². The number of aliphatic hydroxyl groups is 1. The molecule has 0 bridgehead atoms. The molecule has 0 spiro atoms. The minimum atomic E-state index is 0.154. The Morgan fingerprint density at radius 3 is 2.65 bits per heavy atom. The summed E-state index contributed by atoms with van der Waals surface area (Å²) in [5, 5.41) is 16.0. The summed E-state index contributed by atoms with van der Waals surface area (Å²) in [6.07, 6.45) is 1.96. The molecule has 2 N–H and O–H groups in total. The molecule has 1 aromatic heterocycles. The molecular formula is C13H24N2OS. The maximum Gasteiger partial charge on any atom is 0.0926 e. The largest absolute Gasteiger partial charge is 0.395 e. The van der Waals surface area contributed by atoms with E-state index >= 15 is 0 Å². The van der Waals surface area contributed by atoms with E-state index < -0.39 is 0 Å². The number of hydrogen-bond acceptors (Lipinski definition) is 4. The van der Waals surface area contributed by atoms with E-state index in [0.717, 1.165) is 25.1 Å². The van der Waals surface area contributed by atoms with Crippen LogP contribution in [0, 0.1) is 5.41 Å². The first-order valence-corrected chi connectivity index (χ1v) is 7.10. The minimum absolute atomic E-state index is 0.154. The number of thiazole rings is 1. The van der Waals surface area contributed by atoms with E-state index in [4.69, 9.17) is 0 Å². The van der Waals surface area contributed by atoms with Crippen molar-refractivity contribution in [1.29, 1.82) is 0 Å². The molecule has 0 aromatic carbocycles. The average molecular weight is 256 g/mol. The molecule has 1 aromatic rings. The van der Waals surface area contributed by atoms with Gasteiger partial charge in [0, 0.05) is 18.0 Å². The molecule has 1 rings (SSSR count). The molecule has 0 saturated heterocycles. The first-order valence-electron chi connectivity index (χ1n) is 6.22. The fourth-order valence-corrected chi connectivity index (χ4v) is 2.53. The van der Waals surface area contributed by atoms with Gasteiger partial charge in [-0.15, -0.1) is 11.3 Å². The van der Waals surface area contributed by atoms with Crippen LogP contribution in [0.3, 0.4) is 0 Å². The van der Waals surface area contributed by atoms with Gasteiger partial charge in [-0.1, -0.05) is 27.7 Å². The second-order valence-electron chi connectivity index (χ2n) is 5.61. The van der Waals surface area contributed by atoms with Crippen molar-refractivity contribution in [3.8, 4) is 0 Å². The van der Waals surface area contributed by atoms with E-state index in [1.165, 1.54) is 5.01 Å². The zero-order valence-electron chi connectivity index (χ0n) is 11.3. The fourth-order valence-electron chi connectivity index (χ4n) is 1.78. The maximum absolute atomic E-state index is 9.34. The van der Waals surface area contributed by atoms with Crippen LogP contribution in [0.25, 0.3) is 0 Å². The molecule has 0 radical (unpaired) electrons. The topological polar surface area (TPSA) is 45.2 Å². The van der Waals surface area contributed by atoms with Gasteiger partial charge in [-0.2, -0.15) is 0 Å². The number of hydrogen-bond donors (Lipinski definition) is 2. The van der Waals surface area contributed by atoms with Gasteiger partial charge in [0.05, 0.1) is 17.3 Å². The van der Waals surface area contributed by atoms with Crippen molar-refractivity contribution in [3.63, 3.8) is 0 Å². The van der Waals surface area contributed by atoms with Crippen molar-refractivity contribution in [1.82, 2.24) is 10.3 Å². The van der Waals surface area contributed by atoms with Gasteiger partial charge in [0.1, 0.15) is 0 Å². The molecule has 98 valence electrons. The molecule has 3 nitrogen and oxygen atoms in total. The first kappa shape index (κ1) is 14.6. The Hall–Kier alpha value is -0.450. The van der Waals surface area contributed by atoms with Crippen LogP contribution in [0.5, 0.6) is 0 Å². The number of nitrogens with one attached hydrogen (secondary N) is 1. The quantitative estimate of drug-likeness (QED) is 0.822. The van der Waals surface area contributed by atoms with Crippen molar-refractivity contribution in [2.45, 2.75) is 53.1 Å². The normalized spacial score (nSPS) is 13.9. The highest BCUT2D eigenvalue weighted by molar-refractivity contribution is 7.09. The van der Waals surface area contributed by atoms with Crippen LogP contribution in [-0.4, -0.2) is 22.7 Å². The Labute approximate surface area is 108 Å². The SMILES string of the molecule is CCc1nc(CNC(CO)CC(C)(C)C)cs1. The molecule has 17 heavy (non-hydrogen) atoms. The lowest BCUT2D eigenvalue weighted by atomic mass is 9.88. The number of nitrogens with zero attached hydrogens (tertiary/aromatic N) is 1. The van der Waals surface area contributed by atoms with Crippen LogP contribution in [0.4, 0.5) is 0 Å². The van der Waals surface area contributed by atoms with Crippen molar-refractivity contribution < 1.29 is 5.11 Å². The summed E-state index contributed by atoms with van der Waals surface area (Å²) < 4.78 is 0. The number of aromatic nitrogens is 1. The summed E-state index contributed by atoms with van der Waals surface area (Å²) >= 11 is 1.71. The highest BCUT2D eigenvalue weighted by Crippen LogP contribution is 2.20. The highest BCUT2D eigenvalue weighted by atomic mass is 32.1. The lowest BCUT2D eigenvalue weighted by Crippen LogP contribution is -2.35. The molecule has 1 atom stereocenters. The van der Waals surface area contributed by atoms with E-state index in [9.17, 15) is 5.11 Å². The molecule has 0 saturated carbocycles. The van der Waals surface area contributed by atoms with E-state index in [2.05, 4.69) is 43.4 Å². The van der Waals surface area contributed by atoms with Gasteiger partial charge in [0.15, 0.2) is 0 Å². The summed E-state index contributed by atoms with van der Waals surface area (Å²) in [5.41, 5.74) is 1.32. The van der Waals surface area contributed by atoms with Crippen molar-refractivity contribution >= 4 is 11.3 Å². The fraction of sp³-hybridized carbons (Fsp3) is 0.769. The minimum Gasteiger partial charge on any atom is -0.395 e. The summed E-state index contributed by atoms with van der Waals surface area (Å²) in [6, 6.07) is 0.154. The van der Waals surface area contributed by atoms with Gasteiger partial charge in [-0.05, 0) is 18.3 Å². The molecule has 1 unspecified atom stereocenters. The number of rotatable bonds is 6. The zero-order chi connectivity index (χ0) is 12.9. The second-order valence-corrected chi connectivity index (χ2v) is 6.55. The first-order chi connectivity index (χ1) is 7.94. The molecule has 0 aliphatic heterocycles. The molecule has 0 amide bonds. The predicted molar refractivity (Wildman–Crippen MR) is 73.3 cm³/mol. The lowest BCUT2D eigenvalue weighted by Gasteiger charge is -2.25. The van der Waals surface area contributed by atoms with E-state index in [1.54, 1.807) is 11.3 Å². The van der Waals surface area contributed by atoms with Crippen LogP contribution in [0.2, 0.25) is 0 Å².